The number of hydrogen-bond donors (Lipinski definition) is 1. The van der Waals surface area contributed by atoms with Gasteiger partial charge in [-0.1, -0.05) is 37.4 Å². The second-order valence-corrected chi connectivity index (χ2v) is 5.85. The van der Waals surface area contributed by atoms with E-state index in [-0.39, 0.29) is 10.8 Å². The van der Waals surface area contributed by atoms with Crippen molar-refractivity contribution in [3.05, 3.63) is 34.6 Å². The maximum Gasteiger partial charge on any atom is 0.141 e. The lowest BCUT2D eigenvalue weighted by molar-refractivity contribution is 0.447. The zero-order chi connectivity index (χ0) is 13.0. The zero-order valence-corrected chi connectivity index (χ0v) is 11.6. The average molecular weight is 270 g/mol. The van der Waals surface area contributed by atoms with E-state index in [1.165, 1.54) is 38.2 Å². The Labute approximate surface area is 114 Å². The van der Waals surface area contributed by atoms with E-state index in [2.05, 4.69) is 12.2 Å². The molecule has 1 N–H and O–H groups in total. The summed E-state index contributed by atoms with van der Waals surface area (Å²) in [4.78, 5) is 0. The molecular formula is C15H21ClFN. The molecule has 0 aromatic heterocycles. The molecule has 0 radical (unpaired) electrons. The van der Waals surface area contributed by atoms with Gasteiger partial charge >= 0.3 is 0 Å². The topological polar surface area (TPSA) is 12.0 Å². The lowest BCUT2D eigenvalue weighted by Crippen LogP contribution is -2.27. The Hall–Kier alpha value is -0.600. The van der Waals surface area contributed by atoms with Crippen molar-refractivity contribution in [1.29, 1.82) is 0 Å². The smallest absolute Gasteiger partial charge is 0.141 e. The van der Waals surface area contributed by atoms with Crippen LogP contribution < -0.4 is 5.32 Å². The minimum atomic E-state index is -0.344. The first kappa shape index (κ1) is 13.8. The highest BCUT2D eigenvalue weighted by Gasteiger charge is 2.15. The molecule has 100 valence electrons. The third-order valence-electron chi connectivity index (χ3n) is 3.84. The summed E-state index contributed by atoms with van der Waals surface area (Å²) >= 11 is 5.78. The fourth-order valence-electron chi connectivity index (χ4n) is 2.60. The maximum absolute atomic E-state index is 13.0. The quantitative estimate of drug-likeness (QED) is 0.795. The molecule has 0 amide bonds. The number of nitrogens with one attached hydrogen (secondary N) is 1. The van der Waals surface area contributed by atoms with Crippen molar-refractivity contribution in [2.45, 2.75) is 51.6 Å². The van der Waals surface area contributed by atoms with Crippen LogP contribution in [0.25, 0.3) is 0 Å². The summed E-state index contributed by atoms with van der Waals surface area (Å²) in [5.41, 5.74) is 1.05. The molecule has 0 spiro atoms. The highest BCUT2D eigenvalue weighted by molar-refractivity contribution is 6.30. The number of halogens is 2. The molecule has 1 fully saturated rings. The molecule has 1 aliphatic carbocycles. The van der Waals surface area contributed by atoms with E-state index in [1.54, 1.807) is 12.1 Å². The molecule has 1 saturated carbocycles. The molecule has 1 nitrogen and oxygen atoms in total. The Kier molecular flexibility index (Phi) is 5.02. The van der Waals surface area contributed by atoms with Crippen LogP contribution in [0.2, 0.25) is 5.02 Å². The van der Waals surface area contributed by atoms with E-state index in [0.717, 1.165) is 18.0 Å². The van der Waals surface area contributed by atoms with Gasteiger partial charge in [0.05, 0.1) is 5.02 Å². The molecule has 0 saturated heterocycles. The van der Waals surface area contributed by atoms with E-state index < -0.39 is 0 Å². The van der Waals surface area contributed by atoms with Gasteiger partial charge in [-0.05, 0) is 42.9 Å². The second-order valence-electron chi connectivity index (χ2n) is 5.44. The van der Waals surface area contributed by atoms with Crippen LogP contribution in [0, 0.1) is 11.7 Å². The average Bonchev–Trinajstić information content (AvgIpc) is 2.56. The molecule has 2 unspecified atom stereocenters. The summed E-state index contributed by atoms with van der Waals surface area (Å²) < 4.78 is 13.0. The highest BCUT2D eigenvalue weighted by atomic mass is 35.5. The van der Waals surface area contributed by atoms with Gasteiger partial charge in [-0.15, -0.1) is 0 Å². The van der Waals surface area contributed by atoms with Crippen LogP contribution in [0.15, 0.2) is 18.2 Å². The van der Waals surface area contributed by atoms with Crippen molar-refractivity contribution in [1.82, 2.24) is 5.32 Å². The molecule has 0 bridgehead atoms. The first-order valence-electron chi connectivity index (χ1n) is 6.82. The van der Waals surface area contributed by atoms with Gasteiger partial charge < -0.3 is 5.32 Å². The first-order valence-corrected chi connectivity index (χ1v) is 7.20. The largest absolute Gasteiger partial charge is 0.310 e. The van der Waals surface area contributed by atoms with Crippen molar-refractivity contribution in [3.8, 4) is 0 Å². The summed E-state index contributed by atoms with van der Waals surface area (Å²) in [6, 6.07) is 5.55. The summed E-state index contributed by atoms with van der Waals surface area (Å²) in [6.45, 7) is 3.11. The van der Waals surface area contributed by atoms with Crippen molar-refractivity contribution in [3.63, 3.8) is 0 Å². The van der Waals surface area contributed by atoms with Crippen LogP contribution in [0.1, 0.15) is 44.6 Å². The van der Waals surface area contributed by atoms with Crippen molar-refractivity contribution < 1.29 is 4.39 Å². The lowest BCUT2D eigenvalue weighted by Gasteiger charge is -2.16. The predicted molar refractivity (Wildman–Crippen MR) is 74.3 cm³/mol. The first-order chi connectivity index (χ1) is 8.65. The number of rotatable bonds is 3. The monoisotopic (exact) mass is 269 g/mol. The predicted octanol–water partition coefficient (Wildman–Crippen LogP) is 4.54. The van der Waals surface area contributed by atoms with E-state index in [1.807, 2.05) is 0 Å². The van der Waals surface area contributed by atoms with Crippen LogP contribution in [-0.4, -0.2) is 6.04 Å². The van der Waals surface area contributed by atoms with Gasteiger partial charge in [0.1, 0.15) is 5.82 Å². The van der Waals surface area contributed by atoms with Gasteiger partial charge in [-0.25, -0.2) is 4.39 Å². The zero-order valence-electron chi connectivity index (χ0n) is 10.9. The fourth-order valence-corrected chi connectivity index (χ4v) is 2.81. The van der Waals surface area contributed by atoms with E-state index >= 15 is 0 Å². The Morgan fingerprint density at radius 3 is 2.89 bits per heavy atom. The van der Waals surface area contributed by atoms with Gasteiger partial charge in [0, 0.05) is 12.6 Å². The third kappa shape index (κ3) is 3.96. The van der Waals surface area contributed by atoms with Crippen LogP contribution in [-0.2, 0) is 6.54 Å². The molecule has 0 aliphatic heterocycles. The molecule has 3 heteroatoms. The van der Waals surface area contributed by atoms with Gasteiger partial charge in [-0.2, -0.15) is 0 Å². The molecule has 2 rings (SSSR count). The van der Waals surface area contributed by atoms with Gasteiger partial charge in [0.25, 0.3) is 0 Å². The molecule has 1 aliphatic rings. The minimum absolute atomic E-state index is 0.212. The van der Waals surface area contributed by atoms with Crippen molar-refractivity contribution in [2.24, 2.45) is 5.92 Å². The summed E-state index contributed by atoms with van der Waals surface area (Å²) in [6.07, 6.45) is 6.46. The molecule has 1 aromatic rings. The van der Waals surface area contributed by atoms with E-state index in [9.17, 15) is 4.39 Å². The van der Waals surface area contributed by atoms with Crippen molar-refractivity contribution in [2.75, 3.05) is 0 Å². The molecular weight excluding hydrogens is 249 g/mol. The lowest BCUT2D eigenvalue weighted by atomic mass is 10.0. The molecule has 1 aromatic carbocycles. The normalized spacial score (nSPS) is 24.8. The SMILES string of the molecule is CC1CCCC(NCc2ccc(F)c(Cl)c2)CC1. The summed E-state index contributed by atoms with van der Waals surface area (Å²) in [5.74, 6) is 0.515. The maximum atomic E-state index is 13.0. The van der Waals surface area contributed by atoms with E-state index in [0.29, 0.717) is 6.04 Å². The fraction of sp³-hybridized carbons (Fsp3) is 0.600. The third-order valence-corrected chi connectivity index (χ3v) is 4.13. The van der Waals surface area contributed by atoms with Crippen LogP contribution in [0.3, 0.4) is 0 Å². The van der Waals surface area contributed by atoms with Crippen molar-refractivity contribution >= 4 is 11.6 Å². The van der Waals surface area contributed by atoms with Crippen LogP contribution >= 0.6 is 11.6 Å². The molecule has 0 heterocycles. The second kappa shape index (κ2) is 6.53. The van der Waals surface area contributed by atoms with Gasteiger partial charge in [0.2, 0.25) is 0 Å². The van der Waals surface area contributed by atoms with Gasteiger partial charge in [-0.3, -0.25) is 0 Å². The molecule has 18 heavy (non-hydrogen) atoms. The van der Waals surface area contributed by atoms with Crippen LogP contribution in [0.5, 0.6) is 0 Å². The van der Waals surface area contributed by atoms with Gasteiger partial charge in [0.15, 0.2) is 0 Å². The standard InChI is InChI=1S/C15H21ClFN/c1-11-3-2-4-13(7-5-11)18-10-12-6-8-15(17)14(16)9-12/h6,8-9,11,13,18H,2-5,7,10H2,1H3. The minimum Gasteiger partial charge on any atom is -0.310 e. The Morgan fingerprint density at radius 1 is 1.28 bits per heavy atom. The number of hydrogen-bond acceptors (Lipinski definition) is 1. The molecule has 2 atom stereocenters. The Bertz CT molecular complexity index is 394. The Balaban J connectivity index is 1.85. The number of benzene rings is 1. The Morgan fingerprint density at radius 2 is 2.11 bits per heavy atom. The summed E-state index contributed by atoms with van der Waals surface area (Å²) in [5, 5.41) is 3.78. The highest BCUT2D eigenvalue weighted by Crippen LogP contribution is 2.23. The summed E-state index contributed by atoms with van der Waals surface area (Å²) in [7, 11) is 0. The van der Waals surface area contributed by atoms with Crippen LogP contribution in [0.4, 0.5) is 4.39 Å². The van der Waals surface area contributed by atoms with E-state index in [4.69, 9.17) is 11.6 Å².